The second-order valence-electron chi connectivity index (χ2n) is 4.33. The third kappa shape index (κ3) is 1.72. The molecule has 0 saturated carbocycles. The Kier molecular flexibility index (Phi) is 2.82. The number of hydrogen-bond acceptors (Lipinski definition) is 2. The minimum absolute atomic E-state index is 0.0127. The van der Waals surface area contributed by atoms with Crippen LogP contribution >= 0.6 is 11.8 Å². The van der Waals surface area contributed by atoms with E-state index < -0.39 is 11.6 Å². The lowest BCUT2D eigenvalue weighted by Crippen LogP contribution is -2.04. The van der Waals surface area contributed by atoms with Gasteiger partial charge in [-0.2, -0.15) is 0 Å². The molecular formula is C14H11F2NS. The number of aromatic nitrogens is 1. The first-order valence-electron chi connectivity index (χ1n) is 5.73. The van der Waals surface area contributed by atoms with Crippen LogP contribution in [0.15, 0.2) is 35.4 Å². The van der Waals surface area contributed by atoms with Gasteiger partial charge < -0.3 is 0 Å². The summed E-state index contributed by atoms with van der Waals surface area (Å²) in [6.07, 6.45) is 1.74. The van der Waals surface area contributed by atoms with Crippen LogP contribution in [0, 0.1) is 11.6 Å². The quantitative estimate of drug-likeness (QED) is 0.709. The van der Waals surface area contributed by atoms with Crippen molar-refractivity contribution in [2.75, 3.05) is 0 Å². The van der Waals surface area contributed by atoms with Crippen LogP contribution in [0.1, 0.15) is 29.7 Å². The molecule has 0 bridgehead atoms. The molecule has 0 saturated heterocycles. The average molecular weight is 263 g/mol. The summed E-state index contributed by atoms with van der Waals surface area (Å²) < 4.78 is 27.1. The van der Waals surface area contributed by atoms with Crippen LogP contribution in [0.2, 0.25) is 0 Å². The molecule has 1 nitrogen and oxygen atoms in total. The molecule has 18 heavy (non-hydrogen) atoms. The topological polar surface area (TPSA) is 12.9 Å². The van der Waals surface area contributed by atoms with Crippen molar-refractivity contribution in [1.82, 2.24) is 4.98 Å². The molecule has 2 heterocycles. The van der Waals surface area contributed by atoms with Gasteiger partial charge in [-0.05, 0) is 23.8 Å². The highest BCUT2D eigenvalue weighted by Crippen LogP contribution is 2.40. The van der Waals surface area contributed by atoms with Crippen LogP contribution in [-0.4, -0.2) is 4.98 Å². The molecule has 0 aliphatic carbocycles. The van der Waals surface area contributed by atoms with Crippen molar-refractivity contribution in [3.05, 3.63) is 58.9 Å². The van der Waals surface area contributed by atoms with Gasteiger partial charge in [0.25, 0.3) is 0 Å². The fourth-order valence-electron chi connectivity index (χ4n) is 2.31. The minimum atomic E-state index is -0.777. The smallest absolute Gasteiger partial charge is 0.163 e. The third-order valence-corrected chi connectivity index (χ3v) is 4.37. The molecule has 3 rings (SSSR count). The van der Waals surface area contributed by atoms with E-state index in [1.54, 1.807) is 12.3 Å². The second kappa shape index (κ2) is 4.35. The molecule has 0 spiro atoms. The lowest BCUT2D eigenvalue weighted by atomic mass is 9.93. The summed E-state index contributed by atoms with van der Waals surface area (Å²) in [5.41, 5.74) is 2.23. The summed E-state index contributed by atoms with van der Waals surface area (Å²) in [5.74, 6) is -1.07. The van der Waals surface area contributed by atoms with Gasteiger partial charge in [0.1, 0.15) is 0 Å². The first-order chi connectivity index (χ1) is 8.68. The number of benzene rings is 1. The molecule has 1 atom stereocenters. The summed E-state index contributed by atoms with van der Waals surface area (Å²) in [7, 11) is 0. The van der Waals surface area contributed by atoms with Crippen LogP contribution in [0.25, 0.3) is 0 Å². The van der Waals surface area contributed by atoms with E-state index >= 15 is 0 Å². The Morgan fingerprint density at radius 2 is 2.11 bits per heavy atom. The second-order valence-corrected chi connectivity index (χ2v) is 5.34. The highest BCUT2D eigenvalue weighted by atomic mass is 32.2. The van der Waals surface area contributed by atoms with Crippen LogP contribution < -0.4 is 0 Å². The molecule has 2 aromatic rings. The zero-order valence-electron chi connectivity index (χ0n) is 9.78. The SMILES string of the molecule is C[C@H]1c2ccc(F)c(F)c2CSc2cccnc21. The van der Waals surface area contributed by atoms with Gasteiger partial charge in [-0.3, -0.25) is 4.98 Å². The highest BCUT2D eigenvalue weighted by molar-refractivity contribution is 7.98. The number of thioether (sulfide) groups is 1. The van der Waals surface area contributed by atoms with Gasteiger partial charge in [-0.15, -0.1) is 11.8 Å². The van der Waals surface area contributed by atoms with Crippen LogP contribution in [-0.2, 0) is 5.75 Å². The Morgan fingerprint density at radius 3 is 2.94 bits per heavy atom. The maximum atomic E-state index is 13.9. The Labute approximate surface area is 108 Å². The third-order valence-electron chi connectivity index (χ3n) is 3.28. The van der Waals surface area contributed by atoms with E-state index in [0.717, 1.165) is 16.2 Å². The molecule has 0 N–H and O–H groups in total. The molecular weight excluding hydrogens is 252 g/mol. The van der Waals surface area contributed by atoms with Gasteiger partial charge in [0.15, 0.2) is 11.6 Å². The lowest BCUT2D eigenvalue weighted by Gasteiger charge is -2.14. The zero-order chi connectivity index (χ0) is 12.7. The van der Waals surface area contributed by atoms with Gasteiger partial charge in [0.2, 0.25) is 0 Å². The van der Waals surface area contributed by atoms with Gasteiger partial charge in [0, 0.05) is 28.3 Å². The molecule has 1 aliphatic heterocycles. The van der Waals surface area contributed by atoms with Crippen molar-refractivity contribution in [2.24, 2.45) is 0 Å². The van der Waals surface area contributed by atoms with Gasteiger partial charge in [-0.1, -0.05) is 13.0 Å². The molecule has 0 unspecified atom stereocenters. The number of hydrogen-bond donors (Lipinski definition) is 0. The maximum Gasteiger partial charge on any atom is 0.163 e. The van der Waals surface area contributed by atoms with Gasteiger partial charge >= 0.3 is 0 Å². The van der Waals surface area contributed by atoms with E-state index in [2.05, 4.69) is 4.98 Å². The molecule has 1 aliphatic rings. The summed E-state index contributed by atoms with van der Waals surface area (Å²) in [6.45, 7) is 1.98. The Morgan fingerprint density at radius 1 is 1.28 bits per heavy atom. The fourth-order valence-corrected chi connectivity index (χ4v) is 3.45. The first kappa shape index (κ1) is 11.7. The first-order valence-corrected chi connectivity index (χ1v) is 6.71. The predicted octanol–water partition coefficient (Wildman–Crippen LogP) is 4.12. The van der Waals surface area contributed by atoms with E-state index in [1.165, 1.54) is 17.8 Å². The Hall–Kier alpha value is -1.42. The summed E-state index contributed by atoms with van der Waals surface area (Å²) in [5, 5.41) is 0. The van der Waals surface area contributed by atoms with Gasteiger partial charge in [0.05, 0.1) is 5.69 Å². The summed E-state index contributed by atoms with van der Waals surface area (Å²) in [6, 6.07) is 6.71. The Balaban J connectivity index is 2.21. The molecule has 0 fully saturated rings. The number of pyridine rings is 1. The minimum Gasteiger partial charge on any atom is -0.259 e. The van der Waals surface area contributed by atoms with Crippen molar-refractivity contribution < 1.29 is 8.78 Å². The van der Waals surface area contributed by atoms with Crippen molar-refractivity contribution in [2.45, 2.75) is 23.5 Å². The fraction of sp³-hybridized carbons (Fsp3) is 0.214. The van der Waals surface area contributed by atoms with Crippen LogP contribution in [0.4, 0.5) is 8.78 Å². The van der Waals surface area contributed by atoms with E-state index in [0.29, 0.717) is 11.3 Å². The number of rotatable bonds is 0. The van der Waals surface area contributed by atoms with E-state index in [9.17, 15) is 8.78 Å². The lowest BCUT2D eigenvalue weighted by molar-refractivity contribution is 0.500. The van der Waals surface area contributed by atoms with Crippen molar-refractivity contribution in [1.29, 1.82) is 0 Å². The molecule has 92 valence electrons. The van der Waals surface area contributed by atoms with Crippen molar-refractivity contribution >= 4 is 11.8 Å². The van der Waals surface area contributed by atoms with E-state index in [1.807, 2.05) is 19.1 Å². The average Bonchev–Trinajstić information content (AvgIpc) is 2.53. The van der Waals surface area contributed by atoms with Crippen molar-refractivity contribution in [3.63, 3.8) is 0 Å². The van der Waals surface area contributed by atoms with Crippen LogP contribution in [0.5, 0.6) is 0 Å². The predicted molar refractivity (Wildman–Crippen MR) is 67.7 cm³/mol. The molecule has 1 aromatic heterocycles. The van der Waals surface area contributed by atoms with Gasteiger partial charge in [-0.25, -0.2) is 8.78 Å². The number of nitrogens with zero attached hydrogens (tertiary/aromatic N) is 1. The normalized spacial score (nSPS) is 17.8. The summed E-state index contributed by atoms with van der Waals surface area (Å²) >= 11 is 1.51. The molecule has 4 heteroatoms. The Bertz CT molecular complexity index is 613. The summed E-state index contributed by atoms with van der Waals surface area (Å²) in [4.78, 5) is 5.42. The van der Waals surface area contributed by atoms with Crippen LogP contribution in [0.3, 0.4) is 0 Å². The number of fused-ring (bicyclic) bond motifs is 2. The van der Waals surface area contributed by atoms with E-state index in [-0.39, 0.29) is 5.92 Å². The molecule has 1 aromatic carbocycles. The molecule has 0 radical (unpaired) electrons. The largest absolute Gasteiger partial charge is 0.259 e. The number of halogens is 2. The van der Waals surface area contributed by atoms with Crippen molar-refractivity contribution in [3.8, 4) is 0 Å². The monoisotopic (exact) mass is 263 g/mol. The maximum absolute atomic E-state index is 13.9. The highest BCUT2D eigenvalue weighted by Gasteiger charge is 2.25. The molecule has 0 amide bonds. The standard InChI is InChI=1S/C14H11F2NS/c1-8-9-4-5-11(15)13(16)10(9)7-18-12-3-2-6-17-14(8)12/h2-6,8H,7H2,1H3/t8-/m0/s1. The zero-order valence-corrected chi connectivity index (χ0v) is 10.6. The van der Waals surface area contributed by atoms with E-state index in [4.69, 9.17) is 0 Å².